The number of hydroxylamine groups is 1. The van der Waals surface area contributed by atoms with Crippen molar-refractivity contribution in [2.45, 2.75) is 18.3 Å². The summed E-state index contributed by atoms with van der Waals surface area (Å²) in [4.78, 5) is 0. The molecule has 0 aliphatic carbocycles. The van der Waals surface area contributed by atoms with Gasteiger partial charge in [0.15, 0.2) is 0 Å². The van der Waals surface area contributed by atoms with Gasteiger partial charge in [-0.05, 0) is 0 Å². The van der Waals surface area contributed by atoms with E-state index in [0.717, 1.165) is 5.32 Å². The molecular weight excluding hydrogens is 217 g/mol. The van der Waals surface area contributed by atoms with Crippen LogP contribution in [0.2, 0.25) is 5.32 Å². The average molecular weight is 230 g/mol. The summed E-state index contributed by atoms with van der Waals surface area (Å²) in [5.41, 5.74) is 2.25. The summed E-state index contributed by atoms with van der Waals surface area (Å²) in [5, 5.41) is 9.59. The Kier molecular flexibility index (Phi) is 4.33. The van der Waals surface area contributed by atoms with Gasteiger partial charge in [-0.3, -0.25) is 0 Å². The molecule has 0 aliphatic heterocycles. The second-order valence-corrected chi connectivity index (χ2v) is 4.95. The van der Waals surface area contributed by atoms with Gasteiger partial charge in [-0.1, -0.05) is 0 Å². The monoisotopic (exact) mass is 231 g/mol. The number of hydrogen-bond acceptors (Lipinski definition) is 2. The fraction of sp³-hybridized carbons (Fsp3) is 0.333. The number of rotatable bonds is 4. The van der Waals surface area contributed by atoms with Crippen molar-refractivity contribution < 1.29 is 5.21 Å². The Morgan fingerprint density at radius 2 is 2.08 bits per heavy atom. The van der Waals surface area contributed by atoms with E-state index in [-0.39, 0.29) is 6.04 Å². The molecule has 1 atom stereocenters. The Bertz CT molecular complexity index is 215. The minimum atomic E-state index is 0.199. The van der Waals surface area contributed by atoms with Gasteiger partial charge in [0.05, 0.1) is 0 Å². The van der Waals surface area contributed by atoms with Crippen LogP contribution in [-0.2, 0) is 0 Å². The molecule has 0 fully saturated rings. The zero-order valence-electron chi connectivity index (χ0n) is 7.03. The Labute approximate surface area is 79.1 Å². The Morgan fingerprint density at radius 3 is 2.67 bits per heavy atom. The van der Waals surface area contributed by atoms with Crippen LogP contribution in [0.15, 0.2) is 30.3 Å². The van der Waals surface area contributed by atoms with Crippen LogP contribution in [0.5, 0.6) is 0 Å². The third-order valence-electron chi connectivity index (χ3n) is 1.46. The molecule has 0 heterocycles. The van der Waals surface area contributed by atoms with Gasteiger partial charge in [0.2, 0.25) is 0 Å². The van der Waals surface area contributed by atoms with Crippen molar-refractivity contribution in [2.75, 3.05) is 0 Å². The topological polar surface area (TPSA) is 32.3 Å². The molecule has 1 aromatic carbocycles. The summed E-state index contributed by atoms with van der Waals surface area (Å²) >= 11 is 0.469. The van der Waals surface area contributed by atoms with Gasteiger partial charge < -0.3 is 0 Å². The average Bonchev–Trinajstić information content (AvgIpc) is 2.16. The van der Waals surface area contributed by atoms with Crippen LogP contribution < -0.4 is 9.94 Å². The van der Waals surface area contributed by atoms with Gasteiger partial charge in [0.25, 0.3) is 0 Å². The normalized spacial score (nSPS) is 12.8. The summed E-state index contributed by atoms with van der Waals surface area (Å²) < 4.78 is 1.38. The first kappa shape index (κ1) is 9.75. The van der Waals surface area contributed by atoms with Crippen molar-refractivity contribution >= 4 is 19.4 Å². The molecule has 0 aliphatic rings. The van der Waals surface area contributed by atoms with Crippen LogP contribution in [0.1, 0.15) is 6.92 Å². The standard InChI is InChI=1S/C9H13NOSe/c1-8(10-11)7-12-9-5-3-2-4-6-9/h2-6,8,10-11H,7H2,1H3. The van der Waals surface area contributed by atoms with E-state index in [1.807, 2.05) is 25.1 Å². The predicted molar refractivity (Wildman–Crippen MR) is 51.0 cm³/mol. The zero-order chi connectivity index (χ0) is 8.81. The summed E-state index contributed by atoms with van der Waals surface area (Å²) in [5.74, 6) is 0. The number of benzene rings is 1. The Hall–Kier alpha value is -0.341. The first-order valence-electron chi connectivity index (χ1n) is 3.90. The quantitative estimate of drug-likeness (QED) is 0.592. The van der Waals surface area contributed by atoms with E-state index in [9.17, 15) is 0 Å². The first-order chi connectivity index (χ1) is 5.83. The zero-order valence-corrected chi connectivity index (χ0v) is 8.74. The van der Waals surface area contributed by atoms with Crippen LogP contribution in [0.3, 0.4) is 0 Å². The van der Waals surface area contributed by atoms with Crippen molar-refractivity contribution in [3.63, 3.8) is 0 Å². The number of hydrogen-bond donors (Lipinski definition) is 2. The molecule has 0 saturated carbocycles. The molecular formula is C9H13NOSe. The fourth-order valence-corrected chi connectivity index (χ4v) is 2.59. The van der Waals surface area contributed by atoms with Crippen molar-refractivity contribution in [1.82, 2.24) is 5.48 Å². The van der Waals surface area contributed by atoms with Crippen molar-refractivity contribution in [3.8, 4) is 0 Å². The second-order valence-electron chi connectivity index (χ2n) is 2.65. The van der Waals surface area contributed by atoms with Gasteiger partial charge in [0, 0.05) is 0 Å². The molecule has 12 heavy (non-hydrogen) atoms. The van der Waals surface area contributed by atoms with Crippen LogP contribution in [0, 0.1) is 0 Å². The Balaban J connectivity index is 2.33. The van der Waals surface area contributed by atoms with Crippen LogP contribution >= 0.6 is 0 Å². The molecule has 3 heteroatoms. The molecule has 2 nitrogen and oxygen atoms in total. The van der Waals surface area contributed by atoms with Crippen LogP contribution in [-0.4, -0.2) is 26.2 Å². The van der Waals surface area contributed by atoms with Crippen LogP contribution in [0.4, 0.5) is 0 Å². The molecule has 0 radical (unpaired) electrons. The summed E-state index contributed by atoms with van der Waals surface area (Å²) in [6.07, 6.45) is 0. The third-order valence-corrected chi connectivity index (χ3v) is 4.13. The summed E-state index contributed by atoms with van der Waals surface area (Å²) in [6.45, 7) is 1.98. The van der Waals surface area contributed by atoms with Gasteiger partial charge in [-0.15, -0.1) is 0 Å². The van der Waals surface area contributed by atoms with E-state index in [1.165, 1.54) is 4.46 Å². The molecule has 0 amide bonds. The SMILES string of the molecule is CC(C[Se]c1ccccc1)NO. The van der Waals surface area contributed by atoms with E-state index < -0.39 is 0 Å². The van der Waals surface area contributed by atoms with E-state index >= 15 is 0 Å². The van der Waals surface area contributed by atoms with Gasteiger partial charge in [-0.25, -0.2) is 0 Å². The molecule has 66 valence electrons. The first-order valence-corrected chi connectivity index (χ1v) is 5.97. The van der Waals surface area contributed by atoms with Gasteiger partial charge in [-0.2, -0.15) is 0 Å². The van der Waals surface area contributed by atoms with Crippen molar-refractivity contribution in [1.29, 1.82) is 0 Å². The molecule has 0 spiro atoms. The molecule has 0 saturated heterocycles. The Morgan fingerprint density at radius 1 is 1.42 bits per heavy atom. The predicted octanol–water partition coefficient (Wildman–Crippen LogP) is 0.802. The fourth-order valence-electron chi connectivity index (χ4n) is 0.775. The number of nitrogens with one attached hydrogen (secondary N) is 1. The summed E-state index contributed by atoms with van der Waals surface area (Å²) in [7, 11) is 0. The van der Waals surface area contributed by atoms with E-state index in [1.54, 1.807) is 0 Å². The molecule has 2 N–H and O–H groups in total. The molecule has 1 unspecified atom stereocenters. The van der Waals surface area contributed by atoms with Crippen molar-refractivity contribution in [3.05, 3.63) is 30.3 Å². The van der Waals surface area contributed by atoms with E-state index in [4.69, 9.17) is 5.21 Å². The summed E-state index contributed by atoms with van der Waals surface area (Å²) in [6, 6.07) is 10.6. The molecule has 1 rings (SSSR count). The molecule has 1 aromatic rings. The van der Waals surface area contributed by atoms with E-state index in [2.05, 4.69) is 17.6 Å². The maximum absolute atomic E-state index is 8.57. The molecule has 0 aromatic heterocycles. The third kappa shape index (κ3) is 3.37. The van der Waals surface area contributed by atoms with Crippen molar-refractivity contribution in [2.24, 2.45) is 0 Å². The van der Waals surface area contributed by atoms with Gasteiger partial charge in [0.1, 0.15) is 0 Å². The van der Waals surface area contributed by atoms with E-state index in [0.29, 0.717) is 15.0 Å². The molecule has 0 bridgehead atoms. The van der Waals surface area contributed by atoms with Gasteiger partial charge >= 0.3 is 78.7 Å². The minimum absolute atomic E-state index is 0.199. The van der Waals surface area contributed by atoms with Crippen LogP contribution in [0.25, 0.3) is 0 Å². The second kappa shape index (κ2) is 5.33. The maximum atomic E-state index is 8.57.